The molecule has 0 spiro atoms. The van der Waals surface area contributed by atoms with Crippen LogP contribution in [0.4, 0.5) is 5.69 Å². The smallest absolute Gasteiger partial charge is 0.356 e. The molecule has 0 amide bonds. The average Bonchev–Trinajstić information content (AvgIpc) is 2.74. The van der Waals surface area contributed by atoms with Crippen molar-refractivity contribution in [2.45, 2.75) is 13.5 Å². The summed E-state index contributed by atoms with van der Waals surface area (Å²) >= 11 is 0. The van der Waals surface area contributed by atoms with Crippen LogP contribution < -0.4 is 4.90 Å². The van der Waals surface area contributed by atoms with Gasteiger partial charge in [-0.1, -0.05) is 0 Å². The molecule has 0 unspecified atom stereocenters. The Balaban J connectivity index is 2.23. The van der Waals surface area contributed by atoms with Crippen molar-refractivity contribution < 1.29 is 14.3 Å². The molecule has 0 radical (unpaired) electrons. The lowest BCUT2D eigenvalue weighted by Gasteiger charge is -2.19. The van der Waals surface area contributed by atoms with Crippen LogP contribution in [0.2, 0.25) is 0 Å². The van der Waals surface area contributed by atoms with Gasteiger partial charge in [0.2, 0.25) is 0 Å². The maximum atomic E-state index is 11.1. The summed E-state index contributed by atoms with van der Waals surface area (Å²) in [5.41, 5.74) is 0.613. The molecule has 5 heteroatoms. The van der Waals surface area contributed by atoms with E-state index in [1.54, 1.807) is 24.1 Å². The highest BCUT2D eigenvalue weighted by molar-refractivity contribution is 5.92. The van der Waals surface area contributed by atoms with Crippen LogP contribution in [0.15, 0.2) is 34.9 Å². The first-order chi connectivity index (χ1) is 8.58. The zero-order chi connectivity index (χ0) is 13.1. The van der Waals surface area contributed by atoms with Crippen molar-refractivity contribution in [3.05, 3.63) is 47.7 Å². The second kappa shape index (κ2) is 4.91. The summed E-state index contributed by atoms with van der Waals surface area (Å²) in [4.78, 5) is 16.7. The molecule has 2 heterocycles. The third-order valence-electron chi connectivity index (χ3n) is 2.59. The molecule has 0 aromatic carbocycles. The molecular formula is C13H14N2O3. The molecule has 0 aliphatic heterocycles. The van der Waals surface area contributed by atoms with Crippen LogP contribution in [-0.2, 0) is 6.54 Å². The molecule has 94 valence electrons. The van der Waals surface area contributed by atoms with Crippen LogP contribution in [0, 0.1) is 6.92 Å². The maximum absolute atomic E-state index is 11.1. The summed E-state index contributed by atoms with van der Waals surface area (Å²) in [7, 11) is 1.81. The van der Waals surface area contributed by atoms with E-state index in [4.69, 9.17) is 9.52 Å². The van der Waals surface area contributed by atoms with Gasteiger partial charge in [0.1, 0.15) is 11.5 Å². The van der Waals surface area contributed by atoms with Gasteiger partial charge in [0.25, 0.3) is 0 Å². The number of aromatic carboxylic acids is 1. The largest absolute Gasteiger partial charge is 0.476 e. The lowest BCUT2D eigenvalue weighted by Crippen LogP contribution is -2.19. The van der Waals surface area contributed by atoms with Crippen molar-refractivity contribution in [3.63, 3.8) is 0 Å². The second-order valence-electron chi connectivity index (χ2n) is 4.04. The van der Waals surface area contributed by atoms with Crippen molar-refractivity contribution >= 4 is 11.7 Å². The van der Waals surface area contributed by atoms with E-state index in [-0.39, 0.29) is 5.69 Å². The van der Waals surface area contributed by atoms with E-state index in [9.17, 15) is 4.79 Å². The minimum Gasteiger partial charge on any atom is -0.476 e. The molecule has 2 aromatic heterocycles. The van der Waals surface area contributed by atoms with Gasteiger partial charge in [-0.2, -0.15) is 0 Å². The summed E-state index contributed by atoms with van der Waals surface area (Å²) in [6, 6.07) is 7.20. The molecule has 0 atom stereocenters. The predicted molar refractivity (Wildman–Crippen MR) is 66.7 cm³/mol. The fraction of sp³-hybridized carbons (Fsp3) is 0.231. The van der Waals surface area contributed by atoms with Gasteiger partial charge in [-0.15, -0.1) is 0 Å². The molecule has 0 saturated heterocycles. The van der Waals surface area contributed by atoms with Crippen LogP contribution >= 0.6 is 0 Å². The first-order valence-electron chi connectivity index (χ1n) is 5.52. The number of rotatable bonds is 4. The van der Waals surface area contributed by atoms with Gasteiger partial charge >= 0.3 is 5.97 Å². The van der Waals surface area contributed by atoms with E-state index in [0.717, 1.165) is 11.5 Å². The molecule has 5 nitrogen and oxygen atoms in total. The van der Waals surface area contributed by atoms with Gasteiger partial charge in [-0.05, 0) is 31.2 Å². The van der Waals surface area contributed by atoms with E-state index >= 15 is 0 Å². The number of carboxylic acids is 1. The quantitative estimate of drug-likeness (QED) is 0.896. The predicted octanol–water partition coefficient (Wildman–Crippen LogP) is 2.32. The van der Waals surface area contributed by atoms with Gasteiger partial charge in [0.05, 0.1) is 12.2 Å². The minimum atomic E-state index is -1.03. The zero-order valence-electron chi connectivity index (χ0n) is 10.3. The number of carboxylic acid groups (broad SMARTS) is 1. The highest BCUT2D eigenvalue weighted by Crippen LogP contribution is 2.19. The lowest BCUT2D eigenvalue weighted by molar-refractivity contribution is 0.0691. The number of hydrogen-bond acceptors (Lipinski definition) is 4. The maximum Gasteiger partial charge on any atom is 0.356 e. The molecule has 18 heavy (non-hydrogen) atoms. The second-order valence-corrected chi connectivity index (χ2v) is 4.04. The van der Waals surface area contributed by atoms with Crippen LogP contribution in [0.25, 0.3) is 0 Å². The van der Waals surface area contributed by atoms with Crippen molar-refractivity contribution in [1.29, 1.82) is 0 Å². The minimum absolute atomic E-state index is 0.0447. The van der Waals surface area contributed by atoms with Crippen LogP contribution in [-0.4, -0.2) is 23.1 Å². The molecular weight excluding hydrogens is 232 g/mol. The zero-order valence-corrected chi connectivity index (χ0v) is 10.3. The van der Waals surface area contributed by atoms with E-state index < -0.39 is 5.97 Å². The van der Waals surface area contributed by atoms with Crippen molar-refractivity contribution in [3.8, 4) is 0 Å². The Hall–Kier alpha value is -2.30. The topological polar surface area (TPSA) is 66.6 Å². The van der Waals surface area contributed by atoms with Crippen molar-refractivity contribution in [2.24, 2.45) is 0 Å². The molecule has 2 aromatic rings. The van der Waals surface area contributed by atoms with Crippen LogP contribution in [0.1, 0.15) is 22.0 Å². The fourth-order valence-corrected chi connectivity index (χ4v) is 1.76. The molecule has 0 saturated carbocycles. The number of furan rings is 1. The number of carbonyl (C=O) groups is 1. The molecule has 0 aliphatic carbocycles. The number of nitrogens with zero attached hydrogens (tertiary/aromatic N) is 2. The molecule has 0 bridgehead atoms. The Labute approximate surface area is 105 Å². The van der Waals surface area contributed by atoms with E-state index in [1.165, 1.54) is 6.20 Å². The van der Waals surface area contributed by atoms with Gasteiger partial charge in [0.15, 0.2) is 5.69 Å². The highest BCUT2D eigenvalue weighted by Gasteiger charge is 2.15. The number of hydrogen-bond donors (Lipinski definition) is 1. The Bertz CT molecular complexity index is 563. The summed E-state index contributed by atoms with van der Waals surface area (Å²) in [5, 5.41) is 9.07. The summed E-state index contributed by atoms with van der Waals surface area (Å²) in [6.45, 7) is 2.37. The van der Waals surface area contributed by atoms with E-state index in [1.807, 2.05) is 19.1 Å². The Morgan fingerprint density at radius 2 is 2.22 bits per heavy atom. The van der Waals surface area contributed by atoms with Gasteiger partial charge in [-0.25, -0.2) is 9.78 Å². The Kier molecular flexibility index (Phi) is 3.32. The highest BCUT2D eigenvalue weighted by atomic mass is 16.4. The summed E-state index contributed by atoms with van der Waals surface area (Å²) in [6.07, 6.45) is 1.47. The Morgan fingerprint density at radius 1 is 1.44 bits per heavy atom. The van der Waals surface area contributed by atoms with Crippen LogP contribution in [0.5, 0.6) is 0 Å². The molecule has 0 aliphatic rings. The first kappa shape index (κ1) is 12.2. The van der Waals surface area contributed by atoms with E-state index in [2.05, 4.69) is 4.98 Å². The fourth-order valence-electron chi connectivity index (χ4n) is 1.76. The Morgan fingerprint density at radius 3 is 2.83 bits per heavy atom. The molecule has 0 fully saturated rings. The number of aromatic nitrogens is 1. The molecule has 1 N–H and O–H groups in total. The standard InChI is InChI=1S/C13H14N2O3/c1-9-5-6-10(18-9)8-15(2)11-4-3-7-14-12(11)13(16)17/h3-7H,8H2,1-2H3,(H,16,17). The number of pyridine rings is 1. The third kappa shape index (κ3) is 2.51. The normalized spacial score (nSPS) is 10.3. The first-order valence-corrected chi connectivity index (χ1v) is 5.52. The summed E-state index contributed by atoms with van der Waals surface area (Å²) in [5.74, 6) is 0.589. The van der Waals surface area contributed by atoms with Gasteiger partial charge in [0, 0.05) is 13.2 Å². The number of aryl methyl sites for hydroxylation is 1. The van der Waals surface area contributed by atoms with Crippen LogP contribution in [0.3, 0.4) is 0 Å². The lowest BCUT2D eigenvalue weighted by atomic mass is 10.2. The van der Waals surface area contributed by atoms with Gasteiger partial charge in [-0.3, -0.25) is 0 Å². The molecule has 2 rings (SSSR count). The third-order valence-corrected chi connectivity index (χ3v) is 2.59. The van der Waals surface area contributed by atoms with Crippen molar-refractivity contribution in [1.82, 2.24) is 4.98 Å². The number of anilines is 1. The summed E-state index contributed by atoms with van der Waals surface area (Å²) < 4.78 is 5.47. The average molecular weight is 246 g/mol. The SMILES string of the molecule is Cc1ccc(CN(C)c2cccnc2C(=O)O)o1. The van der Waals surface area contributed by atoms with Crippen molar-refractivity contribution in [2.75, 3.05) is 11.9 Å². The van der Waals surface area contributed by atoms with E-state index in [0.29, 0.717) is 12.2 Å². The monoisotopic (exact) mass is 246 g/mol. The van der Waals surface area contributed by atoms with Gasteiger partial charge < -0.3 is 14.4 Å².